The first-order valence-electron chi connectivity index (χ1n) is 11.4. The first kappa shape index (κ1) is 22.0. The van der Waals surface area contributed by atoms with Gasteiger partial charge in [0.15, 0.2) is 0 Å². The van der Waals surface area contributed by atoms with Crippen LogP contribution in [0, 0.1) is 12.8 Å². The second-order valence-corrected chi connectivity index (χ2v) is 8.40. The molecule has 2 aromatic heterocycles. The zero-order chi connectivity index (χ0) is 22.5. The number of carbonyl (C=O) groups is 1. The molecule has 8 nitrogen and oxygen atoms in total. The molecule has 1 fully saturated rings. The molecule has 8 heteroatoms. The number of fused-ring (bicyclic) bond motifs is 1. The molecule has 0 spiro atoms. The third-order valence-electron chi connectivity index (χ3n) is 5.94. The second-order valence-electron chi connectivity index (χ2n) is 8.40. The summed E-state index contributed by atoms with van der Waals surface area (Å²) in [6, 6.07) is 7.74. The molecule has 3 aromatic rings. The molecule has 1 amide bonds. The van der Waals surface area contributed by atoms with Gasteiger partial charge < -0.3 is 19.5 Å². The van der Waals surface area contributed by atoms with E-state index in [9.17, 15) is 4.79 Å². The fourth-order valence-electron chi connectivity index (χ4n) is 4.03. The van der Waals surface area contributed by atoms with E-state index < -0.39 is 0 Å². The van der Waals surface area contributed by atoms with E-state index in [4.69, 9.17) is 14.2 Å². The molecule has 1 N–H and O–H groups in total. The van der Waals surface area contributed by atoms with Crippen LogP contribution in [0.3, 0.4) is 0 Å². The Morgan fingerprint density at radius 1 is 1.25 bits per heavy atom. The van der Waals surface area contributed by atoms with E-state index in [0.717, 1.165) is 60.1 Å². The third kappa shape index (κ3) is 5.00. The number of hydrogen-bond acceptors (Lipinski definition) is 7. The highest BCUT2D eigenvalue weighted by atomic mass is 16.5. The summed E-state index contributed by atoms with van der Waals surface area (Å²) >= 11 is 0. The van der Waals surface area contributed by atoms with Crippen molar-refractivity contribution >= 4 is 22.8 Å². The first-order valence-corrected chi connectivity index (χ1v) is 11.4. The predicted molar refractivity (Wildman–Crippen MR) is 123 cm³/mol. The van der Waals surface area contributed by atoms with Crippen molar-refractivity contribution in [2.75, 3.05) is 24.6 Å². The van der Waals surface area contributed by atoms with E-state index in [-0.39, 0.29) is 5.91 Å². The smallest absolute Gasteiger partial charge is 0.263 e. The Balaban J connectivity index is 1.42. The Morgan fingerprint density at radius 3 is 2.81 bits per heavy atom. The molecule has 0 radical (unpaired) electrons. The lowest BCUT2D eigenvalue weighted by Gasteiger charge is -2.31. The van der Waals surface area contributed by atoms with Gasteiger partial charge in [0, 0.05) is 38.0 Å². The SMILES string of the molecule is CCOc1ccccc1CNC(=O)CCc1nc(N2CCC(C)CC2)c2c(C)noc2n1. The molecular formula is C24H31N5O3. The Morgan fingerprint density at radius 2 is 2.03 bits per heavy atom. The number of ether oxygens (including phenoxy) is 1. The highest BCUT2D eigenvalue weighted by molar-refractivity contribution is 5.88. The number of rotatable bonds is 8. The number of aryl methyl sites for hydroxylation is 2. The van der Waals surface area contributed by atoms with Gasteiger partial charge in [0.2, 0.25) is 5.91 Å². The number of carbonyl (C=O) groups excluding carboxylic acids is 1. The maximum atomic E-state index is 12.5. The van der Waals surface area contributed by atoms with Crippen LogP contribution in [0.4, 0.5) is 5.82 Å². The Labute approximate surface area is 188 Å². The van der Waals surface area contributed by atoms with Gasteiger partial charge in [-0.3, -0.25) is 4.79 Å². The minimum absolute atomic E-state index is 0.0536. The molecule has 3 heterocycles. The molecule has 0 aliphatic carbocycles. The van der Waals surface area contributed by atoms with Crippen LogP contribution in [0.15, 0.2) is 28.8 Å². The number of hydrogen-bond donors (Lipinski definition) is 1. The van der Waals surface area contributed by atoms with Crippen LogP contribution in [0.2, 0.25) is 0 Å². The van der Waals surface area contributed by atoms with E-state index in [1.807, 2.05) is 38.1 Å². The van der Waals surface area contributed by atoms with Gasteiger partial charge in [-0.1, -0.05) is 30.3 Å². The molecule has 1 saturated heterocycles. The van der Waals surface area contributed by atoms with Gasteiger partial charge in [0.1, 0.15) is 22.8 Å². The summed E-state index contributed by atoms with van der Waals surface area (Å²) in [6.07, 6.45) is 3.01. The van der Waals surface area contributed by atoms with Crippen LogP contribution in [0.1, 0.15) is 50.2 Å². The normalized spacial score (nSPS) is 14.7. The number of aromatic nitrogens is 3. The Bertz CT molecular complexity index is 1070. The zero-order valence-corrected chi connectivity index (χ0v) is 19.1. The van der Waals surface area contributed by atoms with Crippen molar-refractivity contribution in [1.29, 1.82) is 0 Å². The van der Waals surface area contributed by atoms with Gasteiger partial charge in [-0.15, -0.1) is 0 Å². The number of piperidine rings is 1. The molecule has 1 aliphatic heterocycles. The minimum atomic E-state index is -0.0536. The van der Waals surface area contributed by atoms with Gasteiger partial charge in [-0.05, 0) is 38.7 Å². The standard InChI is InChI=1S/C24H31N5O3/c1-4-31-19-8-6-5-7-18(19)15-25-21(30)10-9-20-26-23(29-13-11-16(2)12-14-29)22-17(3)28-32-24(22)27-20/h5-8,16H,4,9-15H2,1-3H3,(H,25,30). The van der Waals surface area contributed by atoms with Crippen LogP contribution in [0.25, 0.3) is 11.1 Å². The molecule has 1 aromatic carbocycles. The Kier molecular flexibility index (Phi) is 6.87. The van der Waals surface area contributed by atoms with E-state index >= 15 is 0 Å². The molecule has 0 atom stereocenters. The van der Waals surface area contributed by atoms with Crippen molar-refractivity contribution in [1.82, 2.24) is 20.4 Å². The van der Waals surface area contributed by atoms with Gasteiger partial charge in [0.25, 0.3) is 5.71 Å². The van der Waals surface area contributed by atoms with Crippen LogP contribution in [-0.4, -0.2) is 40.7 Å². The second kappa shape index (κ2) is 9.97. The quantitative estimate of drug-likeness (QED) is 0.573. The maximum absolute atomic E-state index is 12.5. The molecule has 0 saturated carbocycles. The highest BCUT2D eigenvalue weighted by Gasteiger charge is 2.23. The predicted octanol–water partition coefficient (Wildman–Crippen LogP) is 3.81. The number of nitrogens with one attached hydrogen (secondary N) is 1. The lowest BCUT2D eigenvalue weighted by atomic mass is 9.99. The van der Waals surface area contributed by atoms with Crippen molar-refractivity contribution in [3.63, 3.8) is 0 Å². The minimum Gasteiger partial charge on any atom is -0.494 e. The molecule has 170 valence electrons. The van der Waals surface area contributed by atoms with Crippen LogP contribution in [-0.2, 0) is 17.8 Å². The summed E-state index contributed by atoms with van der Waals surface area (Å²) in [7, 11) is 0. The molecule has 0 unspecified atom stereocenters. The van der Waals surface area contributed by atoms with Crippen molar-refractivity contribution in [2.24, 2.45) is 5.92 Å². The maximum Gasteiger partial charge on any atom is 0.263 e. The largest absolute Gasteiger partial charge is 0.494 e. The Hall–Kier alpha value is -3.16. The van der Waals surface area contributed by atoms with E-state index in [1.165, 1.54) is 0 Å². The van der Waals surface area contributed by atoms with E-state index in [1.54, 1.807) is 0 Å². The fourth-order valence-corrected chi connectivity index (χ4v) is 4.03. The summed E-state index contributed by atoms with van der Waals surface area (Å²) in [5.74, 6) is 2.95. The highest BCUT2D eigenvalue weighted by Crippen LogP contribution is 2.30. The van der Waals surface area contributed by atoms with E-state index in [0.29, 0.717) is 37.5 Å². The monoisotopic (exact) mass is 437 g/mol. The number of anilines is 1. The lowest BCUT2D eigenvalue weighted by Crippen LogP contribution is -2.34. The van der Waals surface area contributed by atoms with Crippen molar-refractivity contribution in [2.45, 2.75) is 53.0 Å². The van der Waals surface area contributed by atoms with Gasteiger partial charge in [0.05, 0.1) is 12.3 Å². The summed E-state index contributed by atoms with van der Waals surface area (Å²) in [5, 5.41) is 7.94. The van der Waals surface area contributed by atoms with Gasteiger partial charge in [-0.25, -0.2) is 4.98 Å². The van der Waals surface area contributed by atoms with Crippen LogP contribution >= 0.6 is 0 Å². The molecule has 32 heavy (non-hydrogen) atoms. The average molecular weight is 438 g/mol. The van der Waals surface area contributed by atoms with Crippen LogP contribution in [0.5, 0.6) is 5.75 Å². The number of para-hydroxylation sites is 1. The fraction of sp³-hybridized carbons (Fsp3) is 0.500. The van der Waals surface area contributed by atoms with Gasteiger partial charge in [-0.2, -0.15) is 4.98 Å². The number of amides is 1. The third-order valence-corrected chi connectivity index (χ3v) is 5.94. The molecule has 4 rings (SSSR count). The number of benzene rings is 1. The number of nitrogens with zero attached hydrogens (tertiary/aromatic N) is 4. The molecular weight excluding hydrogens is 406 g/mol. The summed E-state index contributed by atoms with van der Waals surface area (Å²) < 4.78 is 11.1. The summed E-state index contributed by atoms with van der Waals surface area (Å²) in [4.78, 5) is 24.1. The van der Waals surface area contributed by atoms with Crippen molar-refractivity contribution < 1.29 is 14.1 Å². The molecule has 1 aliphatic rings. The first-order chi connectivity index (χ1) is 15.5. The average Bonchev–Trinajstić information content (AvgIpc) is 3.18. The van der Waals surface area contributed by atoms with Crippen molar-refractivity contribution in [3.8, 4) is 5.75 Å². The van der Waals surface area contributed by atoms with E-state index in [2.05, 4.69) is 27.3 Å². The van der Waals surface area contributed by atoms with Crippen molar-refractivity contribution in [3.05, 3.63) is 41.3 Å². The summed E-state index contributed by atoms with van der Waals surface area (Å²) in [6.45, 7) is 9.07. The lowest BCUT2D eigenvalue weighted by molar-refractivity contribution is -0.121. The van der Waals surface area contributed by atoms with Gasteiger partial charge >= 0.3 is 0 Å². The molecule has 0 bridgehead atoms. The zero-order valence-electron chi connectivity index (χ0n) is 19.1. The summed E-state index contributed by atoms with van der Waals surface area (Å²) in [5.41, 5.74) is 2.25. The van der Waals surface area contributed by atoms with Crippen LogP contribution < -0.4 is 15.0 Å². The topological polar surface area (TPSA) is 93.4 Å².